The van der Waals surface area contributed by atoms with E-state index < -0.39 is 29.7 Å². The van der Waals surface area contributed by atoms with Gasteiger partial charge in [-0.1, -0.05) is 18.2 Å². The summed E-state index contributed by atoms with van der Waals surface area (Å²) in [5.74, 6) is -0.985. The highest BCUT2D eigenvalue weighted by molar-refractivity contribution is 6.08. The maximum Gasteiger partial charge on any atom is 0.461 e. The SMILES string of the molecule is COc1cc(C)oc(=O)c1C(=O)C=Cc1cccc(OC(F)(F)C(F)F)c1. The van der Waals surface area contributed by atoms with E-state index in [1.54, 1.807) is 0 Å². The molecule has 0 aliphatic rings. The summed E-state index contributed by atoms with van der Waals surface area (Å²) in [6.45, 7) is 1.51. The van der Waals surface area contributed by atoms with Gasteiger partial charge in [-0.25, -0.2) is 4.79 Å². The molecule has 1 heterocycles. The summed E-state index contributed by atoms with van der Waals surface area (Å²) in [5, 5.41) is 0. The molecule has 2 aromatic rings. The number of carbonyl (C=O) groups excluding carboxylic acids is 1. The number of ether oxygens (including phenoxy) is 2. The Morgan fingerprint density at radius 2 is 1.96 bits per heavy atom. The molecule has 144 valence electrons. The smallest absolute Gasteiger partial charge is 0.461 e. The molecule has 0 aliphatic heterocycles. The molecule has 0 saturated carbocycles. The van der Waals surface area contributed by atoms with Crippen molar-refractivity contribution in [2.45, 2.75) is 19.5 Å². The topological polar surface area (TPSA) is 65.7 Å². The molecule has 0 N–H and O–H groups in total. The van der Waals surface area contributed by atoms with Crippen molar-refractivity contribution in [3.8, 4) is 11.5 Å². The Morgan fingerprint density at radius 3 is 2.59 bits per heavy atom. The highest BCUT2D eigenvalue weighted by Crippen LogP contribution is 2.28. The van der Waals surface area contributed by atoms with Crippen molar-refractivity contribution in [3.63, 3.8) is 0 Å². The first-order chi connectivity index (χ1) is 12.6. The van der Waals surface area contributed by atoms with Crippen LogP contribution in [0.2, 0.25) is 0 Å². The second-order valence-electron chi connectivity index (χ2n) is 5.32. The van der Waals surface area contributed by atoms with Crippen LogP contribution in [0.25, 0.3) is 6.08 Å². The molecule has 1 aromatic heterocycles. The van der Waals surface area contributed by atoms with Gasteiger partial charge >= 0.3 is 18.2 Å². The lowest BCUT2D eigenvalue weighted by molar-refractivity contribution is -0.253. The molecule has 0 saturated heterocycles. The summed E-state index contributed by atoms with van der Waals surface area (Å²) in [6.07, 6.45) is -6.44. The van der Waals surface area contributed by atoms with Gasteiger partial charge in [0.2, 0.25) is 0 Å². The number of hydrogen-bond donors (Lipinski definition) is 0. The second-order valence-corrected chi connectivity index (χ2v) is 5.32. The average molecular weight is 386 g/mol. The fraction of sp³-hybridized carbons (Fsp3) is 0.222. The quantitative estimate of drug-likeness (QED) is 0.407. The molecule has 0 radical (unpaired) electrons. The van der Waals surface area contributed by atoms with Crippen LogP contribution in [0.5, 0.6) is 11.5 Å². The third kappa shape index (κ3) is 4.96. The number of ketones is 1. The maximum absolute atomic E-state index is 13.0. The molecule has 0 spiro atoms. The van der Waals surface area contributed by atoms with Gasteiger partial charge in [-0.15, -0.1) is 0 Å². The largest absolute Gasteiger partial charge is 0.496 e. The van der Waals surface area contributed by atoms with E-state index in [4.69, 9.17) is 9.15 Å². The zero-order valence-corrected chi connectivity index (χ0v) is 14.2. The van der Waals surface area contributed by atoms with Gasteiger partial charge in [0, 0.05) is 6.07 Å². The summed E-state index contributed by atoms with van der Waals surface area (Å²) in [6, 6.07) is 6.17. The standard InChI is InChI=1S/C18H14F4O5/c1-10-8-14(25-2)15(16(24)26-10)13(23)7-6-11-4-3-5-12(9-11)27-18(21,22)17(19)20/h3-9,17H,1-2H3. The summed E-state index contributed by atoms with van der Waals surface area (Å²) in [4.78, 5) is 24.1. The fourth-order valence-electron chi connectivity index (χ4n) is 2.11. The third-order valence-electron chi connectivity index (χ3n) is 3.30. The minimum Gasteiger partial charge on any atom is -0.496 e. The van der Waals surface area contributed by atoms with Crippen LogP contribution in [0.4, 0.5) is 17.6 Å². The van der Waals surface area contributed by atoms with Gasteiger partial charge in [-0.05, 0) is 30.7 Å². The Balaban J connectivity index is 2.25. The molecule has 0 fully saturated rings. The number of carbonyl (C=O) groups is 1. The number of halogens is 4. The molecular weight excluding hydrogens is 372 g/mol. The highest BCUT2D eigenvalue weighted by atomic mass is 19.3. The molecule has 0 aliphatic carbocycles. The van der Waals surface area contributed by atoms with Gasteiger partial charge in [0.1, 0.15) is 22.8 Å². The predicted octanol–water partition coefficient (Wildman–Crippen LogP) is 4.09. The van der Waals surface area contributed by atoms with Crippen LogP contribution in [0.15, 0.2) is 45.6 Å². The molecule has 0 amide bonds. The van der Waals surface area contributed by atoms with E-state index in [-0.39, 0.29) is 22.6 Å². The molecule has 9 heteroatoms. The Morgan fingerprint density at radius 1 is 1.26 bits per heavy atom. The van der Waals surface area contributed by atoms with Crippen molar-refractivity contribution < 1.29 is 36.2 Å². The van der Waals surface area contributed by atoms with Crippen molar-refractivity contribution in [2.24, 2.45) is 0 Å². The first-order valence-corrected chi connectivity index (χ1v) is 7.50. The lowest BCUT2D eigenvalue weighted by Gasteiger charge is -2.16. The lowest BCUT2D eigenvalue weighted by atomic mass is 10.1. The lowest BCUT2D eigenvalue weighted by Crippen LogP contribution is -2.33. The molecule has 5 nitrogen and oxygen atoms in total. The highest BCUT2D eigenvalue weighted by Gasteiger charge is 2.43. The van der Waals surface area contributed by atoms with Crippen molar-refractivity contribution in [2.75, 3.05) is 7.11 Å². The van der Waals surface area contributed by atoms with E-state index in [0.29, 0.717) is 0 Å². The van der Waals surface area contributed by atoms with Gasteiger partial charge in [0.05, 0.1) is 7.11 Å². The molecule has 1 aromatic carbocycles. The zero-order chi connectivity index (χ0) is 20.2. The molecular formula is C18H14F4O5. The molecule has 27 heavy (non-hydrogen) atoms. The Kier molecular flexibility index (Phi) is 6.04. The first kappa shape index (κ1) is 20.2. The van der Waals surface area contributed by atoms with Crippen LogP contribution in [0.1, 0.15) is 21.7 Å². The van der Waals surface area contributed by atoms with Crippen LogP contribution < -0.4 is 15.1 Å². The van der Waals surface area contributed by atoms with Crippen LogP contribution >= 0.6 is 0 Å². The number of hydrogen-bond acceptors (Lipinski definition) is 5. The second kappa shape index (κ2) is 8.07. The molecule has 0 bridgehead atoms. The summed E-state index contributed by atoms with van der Waals surface area (Å²) >= 11 is 0. The third-order valence-corrected chi connectivity index (χ3v) is 3.30. The van der Waals surface area contributed by atoms with Crippen LogP contribution in [0, 0.1) is 6.92 Å². The molecule has 2 rings (SSSR count). The minimum atomic E-state index is -4.65. The Hall–Kier alpha value is -3.10. The summed E-state index contributed by atoms with van der Waals surface area (Å²) < 4.78 is 64.1. The minimum absolute atomic E-state index is 0.0204. The van der Waals surface area contributed by atoms with Gasteiger partial charge in [-0.3, -0.25) is 4.79 Å². The maximum atomic E-state index is 13.0. The van der Waals surface area contributed by atoms with Crippen molar-refractivity contribution in [3.05, 3.63) is 63.7 Å². The van der Waals surface area contributed by atoms with E-state index in [1.807, 2.05) is 0 Å². The van der Waals surface area contributed by atoms with E-state index in [9.17, 15) is 27.2 Å². The van der Waals surface area contributed by atoms with E-state index in [0.717, 1.165) is 18.2 Å². The Labute approximate surface area is 150 Å². The number of methoxy groups -OCH3 is 1. The van der Waals surface area contributed by atoms with Gasteiger partial charge < -0.3 is 13.9 Å². The van der Waals surface area contributed by atoms with Crippen LogP contribution in [0.3, 0.4) is 0 Å². The van der Waals surface area contributed by atoms with Crippen molar-refractivity contribution >= 4 is 11.9 Å². The van der Waals surface area contributed by atoms with Gasteiger partial charge in [-0.2, -0.15) is 17.6 Å². The summed E-state index contributed by atoms with van der Waals surface area (Å²) in [7, 11) is 1.28. The number of aryl methyl sites for hydroxylation is 1. The monoisotopic (exact) mass is 386 g/mol. The number of allylic oxidation sites excluding steroid dienone is 1. The van der Waals surface area contributed by atoms with Gasteiger partial charge in [0.25, 0.3) is 0 Å². The average Bonchev–Trinajstić information content (AvgIpc) is 2.58. The van der Waals surface area contributed by atoms with Crippen molar-refractivity contribution in [1.82, 2.24) is 0 Å². The molecule has 0 atom stereocenters. The fourth-order valence-corrected chi connectivity index (χ4v) is 2.11. The normalized spacial score (nSPS) is 11.8. The Bertz CT molecular complexity index is 918. The van der Waals surface area contributed by atoms with E-state index in [2.05, 4.69) is 4.74 Å². The van der Waals surface area contributed by atoms with E-state index >= 15 is 0 Å². The number of benzene rings is 1. The zero-order valence-electron chi connectivity index (χ0n) is 14.2. The first-order valence-electron chi connectivity index (χ1n) is 7.50. The molecule has 0 unspecified atom stereocenters. The predicted molar refractivity (Wildman–Crippen MR) is 87.7 cm³/mol. The van der Waals surface area contributed by atoms with Crippen molar-refractivity contribution in [1.29, 1.82) is 0 Å². The number of alkyl halides is 4. The van der Waals surface area contributed by atoms with Crippen LogP contribution in [-0.4, -0.2) is 25.4 Å². The van der Waals surface area contributed by atoms with E-state index in [1.165, 1.54) is 38.3 Å². The van der Waals surface area contributed by atoms with Gasteiger partial charge in [0.15, 0.2) is 5.78 Å². The summed E-state index contributed by atoms with van der Waals surface area (Å²) in [5.41, 5.74) is -1.02. The number of rotatable bonds is 7. The van der Waals surface area contributed by atoms with Crippen LogP contribution in [-0.2, 0) is 0 Å².